The Morgan fingerprint density at radius 1 is 1.44 bits per heavy atom. The van der Waals surface area contributed by atoms with Gasteiger partial charge in [-0.15, -0.1) is 11.3 Å². The van der Waals surface area contributed by atoms with Crippen LogP contribution in [0.4, 0.5) is 0 Å². The first-order chi connectivity index (χ1) is 7.78. The van der Waals surface area contributed by atoms with E-state index >= 15 is 0 Å². The SMILES string of the molecule is Cc1cc(C(NN)C2CC3CCC2C3)cs1. The van der Waals surface area contributed by atoms with Crippen molar-refractivity contribution in [3.05, 3.63) is 21.9 Å². The van der Waals surface area contributed by atoms with Crippen molar-refractivity contribution in [2.75, 3.05) is 0 Å². The summed E-state index contributed by atoms with van der Waals surface area (Å²) in [6.07, 6.45) is 5.72. The van der Waals surface area contributed by atoms with Gasteiger partial charge in [-0.3, -0.25) is 11.3 Å². The van der Waals surface area contributed by atoms with Gasteiger partial charge in [0, 0.05) is 10.9 Å². The zero-order valence-electron chi connectivity index (χ0n) is 9.78. The van der Waals surface area contributed by atoms with Crippen molar-refractivity contribution in [2.24, 2.45) is 23.6 Å². The number of hydrazine groups is 1. The van der Waals surface area contributed by atoms with Gasteiger partial charge < -0.3 is 0 Å². The van der Waals surface area contributed by atoms with Crippen LogP contribution in [0.15, 0.2) is 11.4 Å². The fourth-order valence-electron chi connectivity index (χ4n) is 3.80. The van der Waals surface area contributed by atoms with Crippen molar-refractivity contribution < 1.29 is 0 Å². The van der Waals surface area contributed by atoms with E-state index in [1.807, 2.05) is 11.3 Å². The van der Waals surface area contributed by atoms with E-state index in [1.165, 1.54) is 36.1 Å². The Morgan fingerprint density at radius 3 is 2.81 bits per heavy atom. The molecule has 0 radical (unpaired) electrons. The van der Waals surface area contributed by atoms with Crippen LogP contribution in [0.1, 0.15) is 42.2 Å². The smallest absolute Gasteiger partial charge is 0.0499 e. The molecule has 3 N–H and O–H groups in total. The van der Waals surface area contributed by atoms with Crippen LogP contribution >= 0.6 is 11.3 Å². The molecule has 0 aromatic carbocycles. The van der Waals surface area contributed by atoms with Gasteiger partial charge in [0.05, 0.1) is 0 Å². The summed E-state index contributed by atoms with van der Waals surface area (Å²) in [4.78, 5) is 1.39. The highest BCUT2D eigenvalue weighted by atomic mass is 32.1. The van der Waals surface area contributed by atoms with Crippen LogP contribution in [0.5, 0.6) is 0 Å². The van der Waals surface area contributed by atoms with Gasteiger partial charge in [0.15, 0.2) is 0 Å². The topological polar surface area (TPSA) is 38.0 Å². The van der Waals surface area contributed by atoms with E-state index < -0.39 is 0 Å². The number of aryl methyl sites for hydroxylation is 1. The molecule has 2 saturated carbocycles. The third-order valence-electron chi connectivity index (χ3n) is 4.51. The van der Waals surface area contributed by atoms with Gasteiger partial charge in [0.1, 0.15) is 0 Å². The van der Waals surface area contributed by atoms with E-state index in [1.54, 1.807) is 0 Å². The van der Waals surface area contributed by atoms with Crippen molar-refractivity contribution in [3.8, 4) is 0 Å². The molecular formula is C13H20N2S. The molecular weight excluding hydrogens is 216 g/mol. The van der Waals surface area contributed by atoms with Crippen LogP contribution in [0, 0.1) is 24.7 Å². The molecule has 3 rings (SSSR count). The van der Waals surface area contributed by atoms with Crippen molar-refractivity contribution in [2.45, 2.75) is 38.6 Å². The largest absolute Gasteiger partial charge is 0.271 e. The number of thiophene rings is 1. The van der Waals surface area contributed by atoms with Crippen molar-refractivity contribution in [1.29, 1.82) is 0 Å². The number of nitrogens with two attached hydrogens (primary N) is 1. The molecule has 88 valence electrons. The first-order valence-corrected chi connectivity index (χ1v) is 7.17. The molecule has 2 bridgehead atoms. The van der Waals surface area contributed by atoms with Crippen LogP contribution < -0.4 is 11.3 Å². The molecule has 0 aliphatic heterocycles. The lowest BCUT2D eigenvalue weighted by Gasteiger charge is -2.29. The molecule has 1 aromatic rings. The summed E-state index contributed by atoms with van der Waals surface area (Å²) >= 11 is 1.83. The van der Waals surface area contributed by atoms with E-state index in [0.29, 0.717) is 6.04 Å². The average molecular weight is 236 g/mol. The Balaban J connectivity index is 1.81. The molecule has 4 atom stereocenters. The maximum absolute atomic E-state index is 5.78. The summed E-state index contributed by atoms with van der Waals surface area (Å²) in [6.45, 7) is 2.17. The van der Waals surface area contributed by atoms with Crippen LogP contribution in [-0.2, 0) is 0 Å². The normalized spacial score (nSPS) is 34.5. The Morgan fingerprint density at radius 2 is 2.31 bits per heavy atom. The lowest BCUT2D eigenvalue weighted by molar-refractivity contribution is 0.252. The van der Waals surface area contributed by atoms with E-state index in [-0.39, 0.29) is 0 Å². The highest BCUT2D eigenvalue weighted by molar-refractivity contribution is 7.10. The van der Waals surface area contributed by atoms with Crippen LogP contribution in [0.25, 0.3) is 0 Å². The number of hydrogen-bond donors (Lipinski definition) is 2. The zero-order chi connectivity index (χ0) is 11.1. The van der Waals surface area contributed by atoms with Crippen molar-refractivity contribution >= 4 is 11.3 Å². The van der Waals surface area contributed by atoms with Gasteiger partial charge in [-0.25, -0.2) is 0 Å². The molecule has 3 heteroatoms. The maximum atomic E-state index is 5.78. The summed E-state index contributed by atoms with van der Waals surface area (Å²) in [5, 5.41) is 2.27. The lowest BCUT2D eigenvalue weighted by Crippen LogP contribution is -2.35. The zero-order valence-corrected chi connectivity index (χ0v) is 10.6. The van der Waals surface area contributed by atoms with E-state index in [9.17, 15) is 0 Å². The third-order valence-corrected chi connectivity index (χ3v) is 5.39. The Kier molecular flexibility index (Phi) is 2.78. The average Bonchev–Trinajstić information content (AvgIpc) is 2.96. The van der Waals surface area contributed by atoms with Crippen molar-refractivity contribution in [3.63, 3.8) is 0 Å². The molecule has 2 nitrogen and oxygen atoms in total. The molecule has 1 heterocycles. The summed E-state index contributed by atoms with van der Waals surface area (Å²) in [5.74, 6) is 8.47. The molecule has 2 aliphatic carbocycles. The van der Waals surface area contributed by atoms with Gasteiger partial charge in [0.25, 0.3) is 0 Å². The number of rotatable bonds is 3. The van der Waals surface area contributed by atoms with Gasteiger partial charge in [0.2, 0.25) is 0 Å². The molecule has 16 heavy (non-hydrogen) atoms. The fourth-order valence-corrected chi connectivity index (χ4v) is 4.54. The minimum Gasteiger partial charge on any atom is -0.271 e. The quantitative estimate of drug-likeness (QED) is 0.625. The lowest BCUT2D eigenvalue weighted by atomic mass is 9.81. The second-order valence-corrected chi connectivity index (χ2v) is 6.59. The number of nitrogens with one attached hydrogen (secondary N) is 1. The molecule has 4 unspecified atom stereocenters. The van der Waals surface area contributed by atoms with E-state index in [0.717, 1.165) is 17.8 Å². The fraction of sp³-hybridized carbons (Fsp3) is 0.692. The summed E-state index contributed by atoms with van der Waals surface area (Å²) in [7, 11) is 0. The minimum absolute atomic E-state index is 0.389. The van der Waals surface area contributed by atoms with E-state index in [4.69, 9.17) is 5.84 Å². The summed E-state index contributed by atoms with van der Waals surface area (Å²) < 4.78 is 0. The van der Waals surface area contributed by atoms with Crippen molar-refractivity contribution in [1.82, 2.24) is 5.43 Å². The molecule has 0 spiro atoms. The molecule has 0 amide bonds. The summed E-state index contributed by atoms with van der Waals surface area (Å²) in [6, 6.07) is 2.68. The van der Waals surface area contributed by atoms with Gasteiger partial charge in [-0.2, -0.15) is 0 Å². The first kappa shape index (κ1) is 10.8. The van der Waals surface area contributed by atoms with Crippen LogP contribution in [0.3, 0.4) is 0 Å². The maximum Gasteiger partial charge on any atom is 0.0499 e. The molecule has 2 aliphatic rings. The Bertz CT molecular complexity index is 374. The number of fused-ring (bicyclic) bond motifs is 2. The second-order valence-electron chi connectivity index (χ2n) is 5.47. The highest BCUT2D eigenvalue weighted by Crippen LogP contribution is 2.52. The Labute approximate surface area is 101 Å². The van der Waals surface area contributed by atoms with Crippen LogP contribution in [-0.4, -0.2) is 0 Å². The monoisotopic (exact) mass is 236 g/mol. The predicted molar refractivity (Wildman–Crippen MR) is 68.1 cm³/mol. The number of hydrogen-bond acceptors (Lipinski definition) is 3. The molecule has 1 aromatic heterocycles. The predicted octanol–water partition coefficient (Wildman–Crippen LogP) is 3.00. The van der Waals surface area contributed by atoms with Gasteiger partial charge >= 0.3 is 0 Å². The van der Waals surface area contributed by atoms with Gasteiger partial charge in [-0.1, -0.05) is 6.42 Å². The Hall–Kier alpha value is -0.380. The second kappa shape index (κ2) is 4.13. The molecule has 0 saturated heterocycles. The summed E-state index contributed by atoms with van der Waals surface area (Å²) in [5.41, 5.74) is 4.47. The molecule has 2 fully saturated rings. The minimum atomic E-state index is 0.389. The van der Waals surface area contributed by atoms with Crippen LogP contribution in [0.2, 0.25) is 0 Å². The standard InChI is InChI=1S/C13H20N2S/c1-8-4-11(7-16-8)13(15-14)12-6-9-2-3-10(12)5-9/h4,7,9-10,12-13,15H,2-3,5-6,14H2,1H3. The first-order valence-electron chi connectivity index (χ1n) is 6.29. The van der Waals surface area contributed by atoms with Gasteiger partial charge in [-0.05, 0) is 60.9 Å². The van der Waals surface area contributed by atoms with E-state index in [2.05, 4.69) is 23.8 Å². The highest BCUT2D eigenvalue weighted by Gasteiger charge is 2.43. The third kappa shape index (κ3) is 1.71.